The zero-order valence-electron chi connectivity index (χ0n) is 11.3. The smallest absolute Gasteiger partial charge is 0.261 e. The van der Waals surface area contributed by atoms with E-state index in [0.717, 1.165) is 5.56 Å². The summed E-state index contributed by atoms with van der Waals surface area (Å²) in [5.41, 5.74) is 1.70. The molecule has 0 fully saturated rings. The Bertz CT molecular complexity index is 694. The Morgan fingerprint density at radius 1 is 1.05 bits per heavy atom. The summed E-state index contributed by atoms with van der Waals surface area (Å²) in [5, 5.41) is 0.392. The molecule has 0 unspecified atom stereocenters. The van der Waals surface area contributed by atoms with Crippen LogP contribution in [0.5, 0.6) is 0 Å². The minimum atomic E-state index is -3.60. The summed E-state index contributed by atoms with van der Waals surface area (Å²) in [5.74, 6) is 0.411. The van der Waals surface area contributed by atoms with Gasteiger partial charge < -0.3 is 0 Å². The Labute approximate surface area is 124 Å². The van der Waals surface area contributed by atoms with Crippen molar-refractivity contribution >= 4 is 27.3 Å². The van der Waals surface area contributed by atoms with Gasteiger partial charge in [-0.3, -0.25) is 4.72 Å². The predicted octanol–water partition coefficient (Wildman–Crippen LogP) is 4.26. The molecule has 1 N–H and O–H groups in total. The van der Waals surface area contributed by atoms with E-state index >= 15 is 0 Å². The van der Waals surface area contributed by atoms with Gasteiger partial charge in [0.25, 0.3) is 10.0 Å². The van der Waals surface area contributed by atoms with Crippen molar-refractivity contribution in [2.45, 2.75) is 24.7 Å². The number of rotatable bonds is 4. The molecule has 0 atom stereocenters. The quantitative estimate of drug-likeness (QED) is 0.917. The summed E-state index contributed by atoms with van der Waals surface area (Å²) in [6.45, 7) is 4.18. The van der Waals surface area contributed by atoms with Gasteiger partial charge in [0, 0.05) is 10.7 Å². The first-order valence-electron chi connectivity index (χ1n) is 6.27. The maximum Gasteiger partial charge on any atom is 0.261 e. The van der Waals surface area contributed by atoms with E-state index in [1.54, 1.807) is 24.3 Å². The minimum absolute atomic E-state index is 0.151. The Kier molecular flexibility index (Phi) is 4.35. The number of halogens is 1. The minimum Gasteiger partial charge on any atom is -0.280 e. The molecule has 5 heteroatoms. The van der Waals surface area contributed by atoms with Crippen LogP contribution in [-0.4, -0.2) is 8.42 Å². The van der Waals surface area contributed by atoms with Crippen LogP contribution in [0.2, 0.25) is 5.02 Å². The average Bonchev–Trinajstić information content (AvgIpc) is 2.39. The number of sulfonamides is 1. The summed E-state index contributed by atoms with van der Waals surface area (Å²) >= 11 is 5.82. The van der Waals surface area contributed by atoms with Gasteiger partial charge in [-0.15, -0.1) is 0 Å². The van der Waals surface area contributed by atoms with Gasteiger partial charge in [-0.2, -0.15) is 0 Å². The molecule has 0 aliphatic heterocycles. The lowest BCUT2D eigenvalue weighted by Gasteiger charge is -2.10. The first-order chi connectivity index (χ1) is 9.38. The first kappa shape index (κ1) is 14.9. The standard InChI is InChI=1S/C15H16ClNO2S/c1-11(2)12-6-8-14(9-7-12)17-20(18,19)15-5-3-4-13(16)10-15/h3-11,17H,1-2H3. The molecule has 0 heterocycles. The third-order valence-corrected chi connectivity index (χ3v) is 4.55. The average molecular weight is 310 g/mol. The number of anilines is 1. The fraction of sp³-hybridized carbons (Fsp3) is 0.200. The van der Waals surface area contributed by atoms with Crippen LogP contribution in [0.25, 0.3) is 0 Å². The molecule has 0 spiro atoms. The molecular formula is C15H16ClNO2S. The van der Waals surface area contributed by atoms with E-state index in [1.807, 2.05) is 12.1 Å². The van der Waals surface area contributed by atoms with Crippen molar-refractivity contribution in [2.24, 2.45) is 0 Å². The summed E-state index contributed by atoms with van der Waals surface area (Å²) < 4.78 is 26.9. The first-order valence-corrected chi connectivity index (χ1v) is 8.13. The van der Waals surface area contributed by atoms with Crippen molar-refractivity contribution in [3.05, 3.63) is 59.1 Å². The largest absolute Gasteiger partial charge is 0.280 e. The van der Waals surface area contributed by atoms with Gasteiger partial charge in [-0.1, -0.05) is 43.6 Å². The number of nitrogens with one attached hydrogen (secondary N) is 1. The van der Waals surface area contributed by atoms with Crippen LogP contribution in [0.3, 0.4) is 0 Å². The van der Waals surface area contributed by atoms with Crippen LogP contribution >= 0.6 is 11.6 Å². The fourth-order valence-electron chi connectivity index (χ4n) is 1.78. The van der Waals surface area contributed by atoms with Gasteiger partial charge in [-0.25, -0.2) is 8.42 Å². The fourth-order valence-corrected chi connectivity index (χ4v) is 3.14. The Balaban J connectivity index is 2.24. The molecule has 2 aromatic rings. The monoisotopic (exact) mass is 309 g/mol. The van der Waals surface area contributed by atoms with Crippen molar-refractivity contribution < 1.29 is 8.42 Å². The lowest BCUT2D eigenvalue weighted by Crippen LogP contribution is -2.12. The van der Waals surface area contributed by atoms with Gasteiger partial charge in [0.2, 0.25) is 0 Å². The molecule has 2 aromatic carbocycles. The molecule has 20 heavy (non-hydrogen) atoms. The van der Waals surface area contributed by atoms with E-state index in [2.05, 4.69) is 18.6 Å². The Hall–Kier alpha value is -1.52. The molecule has 2 rings (SSSR count). The van der Waals surface area contributed by atoms with Crippen molar-refractivity contribution in [2.75, 3.05) is 4.72 Å². The summed E-state index contributed by atoms with van der Waals surface area (Å²) in [4.78, 5) is 0.151. The van der Waals surface area contributed by atoms with E-state index in [1.165, 1.54) is 12.1 Å². The van der Waals surface area contributed by atoms with Crippen LogP contribution < -0.4 is 4.72 Å². The van der Waals surface area contributed by atoms with E-state index in [0.29, 0.717) is 16.6 Å². The second-order valence-corrected chi connectivity index (χ2v) is 6.96. The lowest BCUT2D eigenvalue weighted by atomic mass is 10.0. The van der Waals surface area contributed by atoms with Gasteiger partial charge in [0.15, 0.2) is 0 Å². The highest BCUT2D eigenvalue weighted by atomic mass is 35.5. The molecule has 0 aliphatic rings. The van der Waals surface area contributed by atoms with Crippen LogP contribution in [-0.2, 0) is 10.0 Å². The molecule has 0 bridgehead atoms. The van der Waals surface area contributed by atoms with Crippen LogP contribution in [0.15, 0.2) is 53.4 Å². The van der Waals surface area contributed by atoms with Crippen molar-refractivity contribution in [3.63, 3.8) is 0 Å². The normalized spacial score (nSPS) is 11.6. The second-order valence-electron chi connectivity index (χ2n) is 4.84. The molecule has 106 valence electrons. The number of benzene rings is 2. The highest BCUT2D eigenvalue weighted by Crippen LogP contribution is 2.21. The van der Waals surface area contributed by atoms with E-state index < -0.39 is 10.0 Å². The van der Waals surface area contributed by atoms with Crippen molar-refractivity contribution in [1.82, 2.24) is 0 Å². The van der Waals surface area contributed by atoms with Gasteiger partial charge in [0.1, 0.15) is 0 Å². The lowest BCUT2D eigenvalue weighted by molar-refractivity contribution is 0.601. The van der Waals surface area contributed by atoms with E-state index in [4.69, 9.17) is 11.6 Å². The Morgan fingerprint density at radius 2 is 1.70 bits per heavy atom. The molecule has 0 saturated heterocycles. The SMILES string of the molecule is CC(C)c1ccc(NS(=O)(=O)c2cccc(Cl)c2)cc1. The number of hydrogen-bond acceptors (Lipinski definition) is 2. The van der Waals surface area contributed by atoms with E-state index in [-0.39, 0.29) is 4.90 Å². The highest BCUT2D eigenvalue weighted by molar-refractivity contribution is 7.92. The molecule has 0 amide bonds. The van der Waals surface area contributed by atoms with Crippen molar-refractivity contribution in [1.29, 1.82) is 0 Å². The molecule has 3 nitrogen and oxygen atoms in total. The summed E-state index contributed by atoms with van der Waals surface area (Å²) in [6, 6.07) is 13.5. The van der Waals surface area contributed by atoms with Crippen LogP contribution in [0, 0.1) is 0 Å². The van der Waals surface area contributed by atoms with Crippen molar-refractivity contribution in [3.8, 4) is 0 Å². The maximum atomic E-state index is 12.2. The number of hydrogen-bond donors (Lipinski definition) is 1. The molecule has 0 aliphatic carbocycles. The summed E-state index contributed by atoms with van der Waals surface area (Å²) in [6.07, 6.45) is 0. The second kappa shape index (κ2) is 5.85. The molecule has 0 aromatic heterocycles. The van der Waals surface area contributed by atoms with Gasteiger partial charge >= 0.3 is 0 Å². The van der Waals surface area contributed by atoms with E-state index in [9.17, 15) is 8.42 Å². The third kappa shape index (κ3) is 3.52. The van der Waals surface area contributed by atoms with Gasteiger partial charge in [-0.05, 0) is 41.8 Å². The molecule has 0 saturated carbocycles. The van der Waals surface area contributed by atoms with Crippen LogP contribution in [0.1, 0.15) is 25.3 Å². The van der Waals surface area contributed by atoms with Crippen LogP contribution in [0.4, 0.5) is 5.69 Å². The highest BCUT2D eigenvalue weighted by Gasteiger charge is 2.14. The predicted molar refractivity (Wildman–Crippen MR) is 82.8 cm³/mol. The third-order valence-electron chi connectivity index (χ3n) is 2.94. The summed E-state index contributed by atoms with van der Waals surface area (Å²) in [7, 11) is -3.60. The topological polar surface area (TPSA) is 46.2 Å². The zero-order valence-corrected chi connectivity index (χ0v) is 12.9. The zero-order chi connectivity index (χ0) is 14.8. The van der Waals surface area contributed by atoms with Gasteiger partial charge in [0.05, 0.1) is 4.90 Å². The maximum absolute atomic E-state index is 12.2. The molecular weight excluding hydrogens is 294 g/mol. The molecule has 0 radical (unpaired) electrons. The Morgan fingerprint density at radius 3 is 2.25 bits per heavy atom.